The van der Waals surface area contributed by atoms with Crippen LogP contribution in [-0.4, -0.2) is 21.5 Å². The highest BCUT2D eigenvalue weighted by Gasteiger charge is 2.12. The van der Waals surface area contributed by atoms with Gasteiger partial charge in [-0.15, -0.1) is 0 Å². The van der Waals surface area contributed by atoms with Crippen LogP contribution in [-0.2, 0) is 6.42 Å². The molecule has 0 aliphatic rings. The molecule has 2 aromatic heterocycles. The molecule has 4 nitrogen and oxygen atoms in total. The molecule has 0 aliphatic carbocycles. The van der Waals surface area contributed by atoms with Gasteiger partial charge in [-0.3, -0.25) is 4.98 Å². The van der Waals surface area contributed by atoms with Gasteiger partial charge in [0.25, 0.3) is 0 Å². The molecule has 28 heavy (non-hydrogen) atoms. The van der Waals surface area contributed by atoms with Crippen molar-refractivity contribution in [2.24, 2.45) is 0 Å². The van der Waals surface area contributed by atoms with Crippen LogP contribution in [0.4, 0.5) is 10.3 Å². The van der Waals surface area contributed by atoms with Crippen LogP contribution in [0.1, 0.15) is 5.56 Å². The molecular weight excluding hydrogens is 351 g/mol. The van der Waals surface area contributed by atoms with E-state index in [1.807, 2.05) is 30.3 Å². The highest BCUT2D eigenvalue weighted by molar-refractivity contribution is 5.80. The van der Waals surface area contributed by atoms with E-state index in [2.05, 4.69) is 27.4 Å². The lowest BCUT2D eigenvalue weighted by atomic mass is 10.0. The Morgan fingerprint density at radius 2 is 1.57 bits per heavy atom. The quantitative estimate of drug-likeness (QED) is 0.519. The van der Waals surface area contributed by atoms with Crippen LogP contribution in [0.5, 0.6) is 0 Å². The average Bonchev–Trinajstić information content (AvgIpc) is 2.76. The van der Waals surface area contributed by atoms with Crippen LogP contribution < -0.4 is 5.32 Å². The maximum Gasteiger partial charge on any atom is 0.223 e. The Morgan fingerprint density at radius 1 is 0.821 bits per heavy atom. The zero-order valence-electron chi connectivity index (χ0n) is 15.2. The molecular formula is C23H19FN4. The Bertz CT molecular complexity index is 1040. The molecule has 5 heteroatoms. The molecule has 4 rings (SSSR count). The molecule has 0 radical (unpaired) electrons. The summed E-state index contributed by atoms with van der Waals surface area (Å²) in [5.74, 6) is 0.294. The van der Waals surface area contributed by atoms with E-state index in [4.69, 9.17) is 4.98 Å². The smallest absolute Gasteiger partial charge is 0.223 e. The minimum atomic E-state index is -0.269. The van der Waals surface area contributed by atoms with E-state index >= 15 is 0 Å². The summed E-state index contributed by atoms with van der Waals surface area (Å²) >= 11 is 0. The predicted octanol–water partition coefficient (Wildman–Crippen LogP) is 5.00. The SMILES string of the molecule is Fc1ccc(-c2cnc(NCCc3ccccc3)nc2-c2ccncc2)cc1. The molecule has 0 bridgehead atoms. The van der Waals surface area contributed by atoms with E-state index in [9.17, 15) is 4.39 Å². The first-order valence-electron chi connectivity index (χ1n) is 9.11. The highest BCUT2D eigenvalue weighted by Crippen LogP contribution is 2.30. The number of anilines is 1. The van der Waals surface area contributed by atoms with Gasteiger partial charge in [-0.2, -0.15) is 0 Å². The Hall–Kier alpha value is -3.60. The molecule has 138 valence electrons. The number of hydrogen-bond acceptors (Lipinski definition) is 4. The number of pyridine rings is 1. The van der Waals surface area contributed by atoms with Crippen LogP contribution in [0.25, 0.3) is 22.4 Å². The van der Waals surface area contributed by atoms with Gasteiger partial charge in [0.2, 0.25) is 5.95 Å². The van der Waals surface area contributed by atoms with Gasteiger partial charge >= 0.3 is 0 Å². The molecule has 0 saturated carbocycles. The van der Waals surface area contributed by atoms with E-state index in [0.29, 0.717) is 5.95 Å². The molecule has 2 aromatic carbocycles. The standard InChI is InChI=1S/C23H19FN4/c24-20-8-6-18(7-9-20)21-16-27-23(26-15-10-17-4-2-1-3-5-17)28-22(21)19-11-13-25-14-12-19/h1-9,11-14,16H,10,15H2,(H,26,27,28). The molecule has 0 unspecified atom stereocenters. The number of halogens is 1. The van der Waals surface area contributed by atoms with Gasteiger partial charge in [-0.1, -0.05) is 42.5 Å². The Labute approximate surface area is 163 Å². The van der Waals surface area contributed by atoms with Crippen molar-refractivity contribution in [2.75, 3.05) is 11.9 Å². The van der Waals surface area contributed by atoms with Gasteiger partial charge in [0.1, 0.15) is 5.82 Å². The Morgan fingerprint density at radius 3 is 2.32 bits per heavy atom. The number of hydrogen-bond donors (Lipinski definition) is 1. The van der Waals surface area contributed by atoms with Crippen LogP contribution in [0, 0.1) is 5.82 Å². The Kier molecular flexibility index (Phi) is 5.33. The third-order valence-electron chi connectivity index (χ3n) is 4.44. The normalized spacial score (nSPS) is 10.6. The van der Waals surface area contributed by atoms with Crippen molar-refractivity contribution >= 4 is 5.95 Å². The molecule has 0 aliphatic heterocycles. The maximum absolute atomic E-state index is 13.3. The number of nitrogens with zero attached hydrogens (tertiary/aromatic N) is 3. The monoisotopic (exact) mass is 370 g/mol. The van der Waals surface area contributed by atoms with Crippen molar-refractivity contribution in [1.82, 2.24) is 15.0 Å². The second-order valence-corrected chi connectivity index (χ2v) is 6.36. The fraction of sp³-hybridized carbons (Fsp3) is 0.0870. The van der Waals surface area contributed by atoms with Crippen LogP contribution in [0.2, 0.25) is 0 Å². The highest BCUT2D eigenvalue weighted by atomic mass is 19.1. The lowest BCUT2D eigenvalue weighted by Crippen LogP contribution is -2.08. The second-order valence-electron chi connectivity index (χ2n) is 6.36. The molecule has 0 atom stereocenters. The van der Waals surface area contributed by atoms with Crippen molar-refractivity contribution in [3.63, 3.8) is 0 Å². The summed E-state index contributed by atoms with van der Waals surface area (Å²) in [4.78, 5) is 13.3. The average molecular weight is 370 g/mol. The summed E-state index contributed by atoms with van der Waals surface area (Å²) in [5, 5.41) is 3.29. The molecule has 1 N–H and O–H groups in total. The van der Waals surface area contributed by atoms with Crippen molar-refractivity contribution in [3.05, 3.63) is 96.7 Å². The predicted molar refractivity (Wildman–Crippen MR) is 109 cm³/mol. The van der Waals surface area contributed by atoms with Crippen molar-refractivity contribution in [2.45, 2.75) is 6.42 Å². The molecule has 0 spiro atoms. The van der Waals surface area contributed by atoms with Gasteiger partial charge in [0.15, 0.2) is 0 Å². The van der Waals surface area contributed by atoms with Crippen molar-refractivity contribution < 1.29 is 4.39 Å². The summed E-state index contributed by atoms with van der Waals surface area (Å²) in [6.45, 7) is 0.732. The van der Waals surface area contributed by atoms with E-state index < -0.39 is 0 Å². The van der Waals surface area contributed by atoms with Gasteiger partial charge in [0, 0.05) is 36.3 Å². The summed E-state index contributed by atoms with van der Waals surface area (Å²) in [6.07, 6.45) is 6.12. The van der Waals surface area contributed by atoms with E-state index in [1.165, 1.54) is 17.7 Å². The molecule has 0 saturated heterocycles. The number of aromatic nitrogens is 3. The number of nitrogens with one attached hydrogen (secondary N) is 1. The molecule has 2 heterocycles. The van der Waals surface area contributed by atoms with Gasteiger partial charge in [0.05, 0.1) is 5.69 Å². The van der Waals surface area contributed by atoms with Crippen LogP contribution in [0.15, 0.2) is 85.3 Å². The zero-order chi connectivity index (χ0) is 19.2. The Balaban J connectivity index is 1.62. The number of benzene rings is 2. The summed E-state index contributed by atoms with van der Waals surface area (Å²) in [6, 6.07) is 20.4. The second kappa shape index (κ2) is 8.39. The third-order valence-corrected chi connectivity index (χ3v) is 4.44. The van der Waals surface area contributed by atoms with E-state index in [-0.39, 0.29) is 5.82 Å². The summed E-state index contributed by atoms with van der Waals surface area (Å²) in [7, 11) is 0. The first-order chi connectivity index (χ1) is 13.8. The zero-order valence-corrected chi connectivity index (χ0v) is 15.2. The van der Waals surface area contributed by atoms with Gasteiger partial charge < -0.3 is 5.32 Å². The minimum absolute atomic E-state index is 0.269. The molecule has 4 aromatic rings. The molecule has 0 amide bonds. The first-order valence-corrected chi connectivity index (χ1v) is 9.11. The van der Waals surface area contributed by atoms with Crippen molar-refractivity contribution in [3.8, 4) is 22.4 Å². The van der Waals surface area contributed by atoms with Crippen LogP contribution in [0.3, 0.4) is 0 Å². The topological polar surface area (TPSA) is 50.7 Å². The van der Waals surface area contributed by atoms with Crippen LogP contribution >= 0.6 is 0 Å². The molecule has 0 fully saturated rings. The maximum atomic E-state index is 13.3. The van der Waals surface area contributed by atoms with E-state index in [1.54, 1.807) is 30.7 Å². The fourth-order valence-corrected chi connectivity index (χ4v) is 3.00. The third kappa shape index (κ3) is 4.20. The lowest BCUT2D eigenvalue weighted by molar-refractivity contribution is 0.628. The van der Waals surface area contributed by atoms with Gasteiger partial charge in [-0.25, -0.2) is 14.4 Å². The first kappa shape index (κ1) is 17.8. The fourth-order valence-electron chi connectivity index (χ4n) is 3.00. The lowest BCUT2D eigenvalue weighted by Gasteiger charge is -2.12. The summed E-state index contributed by atoms with van der Waals surface area (Å²) < 4.78 is 13.3. The van der Waals surface area contributed by atoms with E-state index in [0.717, 1.165) is 35.3 Å². The van der Waals surface area contributed by atoms with Crippen molar-refractivity contribution in [1.29, 1.82) is 0 Å². The summed E-state index contributed by atoms with van der Waals surface area (Å²) in [5.41, 5.74) is 4.69. The van der Waals surface area contributed by atoms with Gasteiger partial charge in [-0.05, 0) is 41.8 Å². The minimum Gasteiger partial charge on any atom is -0.354 e. The number of rotatable bonds is 6. The largest absolute Gasteiger partial charge is 0.354 e.